The van der Waals surface area contributed by atoms with Crippen LogP contribution in [0, 0.1) is 13.8 Å². The number of phenols is 1. The smallest absolute Gasteiger partial charge is 0.335 e. The van der Waals surface area contributed by atoms with Crippen molar-refractivity contribution in [2.75, 3.05) is 5.32 Å². The van der Waals surface area contributed by atoms with E-state index in [0.29, 0.717) is 12.3 Å². The molecule has 3 N–H and O–H groups in total. The molecular formula is C16H17NO3. The minimum Gasteiger partial charge on any atom is -0.507 e. The number of aromatic carboxylic acids is 1. The minimum atomic E-state index is -0.940. The zero-order valence-corrected chi connectivity index (χ0v) is 11.5. The highest BCUT2D eigenvalue weighted by Gasteiger charge is 2.05. The van der Waals surface area contributed by atoms with Crippen LogP contribution in [0.25, 0.3) is 0 Å². The molecule has 0 amide bonds. The van der Waals surface area contributed by atoms with E-state index >= 15 is 0 Å². The zero-order chi connectivity index (χ0) is 14.7. The first-order valence-electron chi connectivity index (χ1n) is 6.33. The lowest BCUT2D eigenvalue weighted by atomic mass is 10.1. The normalized spacial score (nSPS) is 10.3. The van der Waals surface area contributed by atoms with E-state index in [1.165, 1.54) is 0 Å². The quantitative estimate of drug-likeness (QED) is 0.798. The highest BCUT2D eigenvalue weighted by Crippen LogP contribution is 2.23. The zero-order valence-electron chi connectivity index (χ0n) is 11.5. The number of aryl methyl sites for hydroxylation is 2. The maximum atomic E-state index is 10.9. The summed E-state index contributed by atoms with van der Waals surface area (Å²) in [4.78, 5) is 10.9. The number of rotatable bonds is 4. The molecule has 0 spiro atoms. The number of aromatic hydroxyl groups is 1. The van der Waals surface area contributed by atoms with Gasteiger partial charge in [0.05, 0.1) is 5.56 Å². The van der Waals surface area contributed by atoms with Crippen molar-refractivity contribution in [3.05, 3.63) is 58.7 Å². The maximum absolute atomic E-state index is 10.9. The Morgan fingerprint density at radius 1 is 1.15 bits per heavy atom. The highest BCUT2D eigenvalue weighted by molar-refractivity contribution is 5.88. The van der Waals surface area contributed by atoms with Crippen molar-refractivity contribution >= 4 is 11.7 Å². The molecule has 0 aromatic heterocycles. The standard InChI is InChI=1S/C16H17NO3/c1-10-6-12(7-11(2)15(10)18)9-17-14-5-3-4-13(8-14)16(19)20/h3-8,17-18H,9H2,1-2H3,(H,19,20). The van der Waals surface area contributed by atoms with Crippen molar-refractivity contribution in [1.82, 2.24) is 0 Å². The van der Waals surface area contributed by atoms with Crippen molar-refractivity contribution in [3.8, 4) is 5.75 Å². The van der Waals surface area contributed by atoms with Crippen molar-refractivity contribution in [2.24, 2.45) is 0 Å². The second-order valence-electron chi connectivity index (χ2n) is 4.82. The molecule has 4 nitrogen and oxygen atoms in total. The molecule has 0 radical (unpaired) electrons. The number of carbonyl (C=O) groups is 1. The van der Waals surface area contributed by atoms with Gasteiger partial charge in [-0.05, 0) is 48.7 Å². The van der Waals surface area contributed by atoms with Crippen LogP contribution < -0.4 is 5.32 Å². The summed E-state index contributed by atoms with van der Waals surface area (Å²) in [5.74, 6) is -0.619. The summed E-state index contributed by atoms with van der Waals surface area (Å²) in [6.45, 7) is 4.29. The molecule has 0 aliphatic carbocycles. The van der Waals surface area contributed by atoms with Crippen LogP contribution in [-0.2, 0) is 6.54 Å². The first-order valence-corrected chi connectivity index (χ1v) is 6.33. The first-order chi connectivity index (χ1) is 9.47. The molecule has 2 aromatic carbocycles. The van der Waals surface area contributed by atoms with E-state index in [1.807, 2.05) is 32.0 Å². The lowest BCUT2D eigenvalue weighted by Gasteiger charge is -2.10. The molecular weight excluding hydrogens is 254 g/mol. The van der Waals surface area contributed by atoms with Crippen LogP contribution in [0.1, 0.15) is 27.0 Å². The average Bonchev–Trinajstić information content (AvgIpc) is 2.42. The Labute approximate surface area is 117 Å². The number of benzene rings is 2. The van der Waals surface area contributed by atoms with E-state index in [0.717, 1.165) is 22.4 Å². The lowest BCUT2D eigenvalue weighted by molar-refractivity contribution is 0.0697. The molecule has 0 saturated heterocycles. The predicted molar refractivity (Wildman–Crippen MR) is 78.3 cm³/mol. The number of anilines is 1. The van der Waals surface area contributed by atoms with Gasteiger partial charge in [-0.2, -0.15) is 0 Å². The predicted octanol–water partition coefficient (Wildman–Crippen LogP) is 3.32. The Morgan fingerprint density at radius 3 is 2.40 bits per heavy atom. The molecule has 20 heavy (non-hydrogen) atoms. The number of hydrogen-bond acceptors (Lipinski definition) is 3. The second-order valence-corrected chi connectivity index (χ2v) is 4.82. The Kier molecular flexibility index (Phi) is 3.94. The molecule has 0 aliphatic heterocycles. The first kappa shape index (κ1) is 13.9. The van der Waals surface area contributed by atoms with Gasteiger partial charge in [0.15, 0.2) is 0 Å². The number of carboxylic acids is 1. The van der Waals surface area contributed by atoms with Crippen molar-refractivity contribution < 1.29 is 15.0 Å². The van der Waals surface area contributed by atoms with Crippen LogP contribution in [0.5, 0.6) is 5.75 Å². The van der Waals surface area contributed by atoms with E-state index in [9.17, 15) is 9.90 Å². The van der Waals surface area contributed by atoms with Crippen molar-refractivity contribution in [2.45, 2.75) is 20.4 Å². The lowest BCUT2D eigenvalue weighted by Crippen LogP contribution is -2.02. The molecule has 4 heteroatoms. The summed E-state index contributed by atoms with van der Waals surface area (Å²) in [5.41, 5.74) is 3.72. The maximum Gasteiger partial charge on any atom is 0.335 e. The molecule has 2 aromatic rings. The molecule has 0 fully saturated rings. The minimum absolute atomic E-state index is 0.257. The Hall–Kier alpha value is -2.49. The van der Waals surface area contributed by atoms with Gasteiger partial charge in [-0.1, -0.05) is 18.2 Å². The summed E-state index contributed by atoms with van der Waals surface area (Å²) in [6, 6.07) is 10.5. The number of phenolic OH excluding ortho intramolecular Hbond substituents is 1. The second kappa shape index (κ2) is 5.65. The summed E-state index contributed by atoms with van der Waals surface area (Å²) < 4.78 is 0. The van der Waals surface area contributed by atoms with Gasteiger partial charge in [-0.3, -0.25) is 0 Å². The fourth-order valence-electron chi connectivity index (χ4n) is 2.11. The van der Waals surface area contributed by atoms with Crippen LogP contribution >= 0.6 is 0 Å². The van der Waals surface area contributed by atoms with Gasteiger partial charge in [0.2, 0.25) is 0 Å². The number of carboxylic acid groups (broad SMARTS) is 1. The van der Waals surface area contributed by atoms with E-state index in [-0.39, 0.29) is 5.56 Å². The number of hydrogen-bond donors (Lipinski definition) is 3. The molecule has 0 unspecified atom stereocenters. The Morgan fingerprint density at radius 2 is 1.80 bits per heavy atom. The average molecular weight is 271 g/mol. The SMILES string of the molecule is Cc1cc(CNc2cccc(C(=O)O)c2)cc(C)c1O. The van der Waals surface area contributed by atoms with Gasteiger partial charge in [-0.15, -0.1) is 0 Å². The largest absolute Gasteiger partial charge is 0.507 e. The topological polar surface area (TPSA) is 69.6 Å². The number of nitrogens with one attached hydrogen (secondary N) is 1. The monoisotopic (exact) mass is 271 g/mol. The van der Waals surface area contributed by atoms with Crippen LogP contribution in [-0.4, -0.2) is 16.2 Å². The molecule has 2 rings (SSSR count). The van der Waals surface area contributed by atoms with Gasteiger partial charge in [-0.25, -0.2) is 4.79 Å². The van der Waals surface area contributed by atoms with Crippen LogP contribution in [0.15, 0.2) is 36.4 Å². The van der Waals surface area contributed by atoms with Gasteiger partial charge in [0.25, 0.3) is 0 Å². The molecule has 0 aliphatic rings. The van der Waals surface area contributed by atoms with Crippen LogP contribution in [0.2, 0.25) is 0 Å². The Balaban J connectivity index is 2.13. The fraction of sp³-hybridized carbons (Fsp3) is 0.188. The van der Waals surface area contributed by atoms with Crippen LogP contribution in [0.4, 0.5) is 5.69 Å². The molecule has 0 heterocycles. The van der Waals surface area contributed by atoms with E-state index in [1.54, 1.807) is 18.2 Å². The summed E-state index contributed by atoms with van der Waals surface area (Å²) >= 11 is 0. The van der Waals surface area contributed by atoms with Gasteiger partial charge < -0.3 is 15.5 Å². The van der Waals surface area contributed by atoms with Gasteiger partial charge >= 0.3 is 5.97 Å². The fourth-order valence-corrected chi connectivity index (χ4v) is 2.11. The van der Waals surface area contributed by atoms with Crippen molar-refractivity contribution in [1.29, 1.82) is 0 Å². The summed E-state index contributed by atoms with van der Waals surface area (Å²) in [5, 5.41) is 21.9. The summed E-state index contributed by atoms with van der Waals surface area (Å²) in [7, 11) is 0. The molecule has 0 bridgehead atoms. The third kappa shape index (κ3) is 3.09. The summed E-state index contributed by atoms with van der Waals surface area (Å²) in [6.07, 6.45) is 0. The highest BCUT2D eigenvalue weighted by atomic mass is 16.4. The van der Waals surface area contributed by atoms with E-state index < -0.39 is 5.97 Å². The van der Waals surface area contributed by atoms with E-state index in [4.69, 9.17) is 5.11 Å². The van der Waals surface area contributed by atoms with E-state index in [2.05, 4.69) is 5.32 Å². The third-order valence-electron chi connectivity index (χ3n) is 3.16. The molecule has 104 valence electrons. The van der Waals surface area contributed by atoms with Crippen molar-refractivity contribution in [3.63, 3.8) is 0 Å². The van der Waals surface area contributed by atoms with Gasteiger partial charge in [0, 0.05) is 12.2 Å². The van der Waals surface area contributed by atoms with Crippen LogP contribution in [0.3, 0.4) is 0 Å². The third-order valence-corrected chi connectivity index (χ3v) is 3.16. The Bertz CT molecular complexity index is 627. The van der Waals surface area contributed by atoms with Gasteiger partial charge in [0.1, 0.15) is 5.75 Å². The molecule has 0 atom stereocenters. The molecule has 0 saturated carbocycles.